The number of benzene rings is 2. The first-order valence-corrected chi connectivity index (χ1v) is 20.2. The summed E-state index contributed by atoms with van der Waals surface area (Å²) in [7, 11) is 8.72. The number of cyclic esters (lactones) is 1. The van der Waals surface area contributed by atoms with E-state index < -0.39 is 27.3 Å². The Morgan fingerprint density at radius 2 is 1.49 bits per heavy atom. The van der Waals surface area contributed by atoms with Crippen molar-refractivity contribution in [1.82, 2.24) is 0 Å². The number of hydrogen-bond acceptors (Lipinski definition) is 4. The first-order chi connectivity index (χ1) is 17.9. The summed E-state index contributed by atoms with van der Waals surface area (Å²) >= 11 is -0.472. The molecule has 2 atom stereocenters. The summed E-state index contributed by atoms with van der Waals surface area (Å²) in [5.41, 5.74) is 9.51. The van der Waals surface area contributed by atoms with E-state index in [2.05, 4.69) is 0 Å². The van der Waals surface area contributed by atoms with Crippen LogP contribution in [0.5, 0.6) is 0 Å². The maximum atomic E-state index is 12.9. The van der Waals surface area contributed by atoms with E-state index in [-0.39, 0.29) is 12.1 Å². The normalized spacial score (nSPS) is 22.4. The fraction of sp³-hybridized carbons (Fsp3) is 0.483. The molecule has 4 rings (SSSR count). The van der Waals surface area contributed by atoms with Crippen LogP contribution in [-0.4, -0.2) is 28.6 Å². The summed E-state index contributed by atoms with van der Waals surface area (Å²) in [6, 6.07) is 17.9. The zero-order valence-corrected chi connectivity index (χ0v) is 25.9. The van der Waals surface area contributed by atoms with Crippen molar-refractivity contribution in [2.24, 2.45) is 11.7 Å². The van der Waals surface area contributed by atoms with Gasteiger partial charge in [-0.3, -0.25) is 4.21 Å². The van der Waals surface area contributed by atoms with E-state index in [9.17, 15) is 9.00 Å². The molecule has 8 heteroatoms. The van der Waals surface area contributed by atoms with Gasteiger partial charge in [-0.15, -0.1) is 0 Å². The van der Waals surface area contributed by atoms with Crippen molar-refractivity contribution in [3.8, 4) is 0 Å². The average Bonchev–Trinajstić information content (AvgIpc) is 3.24. The van der Waals surface area contributed by atoms with Gasteiger partial charge in [-0.2, -0.15) is 0 Å². The van der Waals surface area contributed by atoms with E-state index >= 15 is 0 Å². The van der Waals surface area contributed by atoms with Gasteiger partial charge in [0.05, 0.1) is 5.57 Å². The molecule has 2 unspecified atom stereocenters. The Labute approximate surface area is 240 Å². The monoisotopic (exact) mass is 744 g/mol. The van der Waals surface area contributed by atoms with Crippen LogP contribution in [0.2, 0.25) is 0 Å². The number of hydrogen-bond donors (Lipinski definition) is 1. The molecular weight excluding hydrogens is 708 g/mol. The second-order valence-corrected chi connectivity index (χ2v) is 14.5. The van der Waals surface area contributed by atoms with Gasteiger partial charge in [-0.1, -0.05) is 68.1 Å². The Hall–Kier alpha value is -0.972. The molecule has 2 aromatic rings. The van der Waals surface area contributed by atoms with Crippen molar-refractivity contribution in [3.63, 3.8) is 0 Å². The number of nitrogens with two attached hydrogens (primary N) is 1. The molecule has 0 spiro atoms. The van der Waals surface area contributed by atoms with E-state index in [0.29, 0.717) is 11.6 Å². The summed E-state index contributed by atoms with van der Waals surface area (Å²) < 4.78 is 17.7. The van der Waals surface area contributed by atoms with Crippen molar-refractivity contribution in [2.75, 3.05) is 6.26 Å². The van der Waals surface area contributed by atoms with Crippen LogP contribution in [0.1, 0.15) is 75.3 Å². The molecule has 37 heavy (non-hydrogen) atoms. The number of unbranched alkanes of at least 4 members (excludes halogenated alkanes) is 3. The fourth-order valence-electron chi connectivity index (χ4n) is 5.35. The van der Waals surface area contributed by atoms with Gasteiger partial charge in [0.15, 0.2) is 0 Å². The van der Waals surface area contributed by atoms with E-state index in [1.807, 2.05) is 54.6 Å². The molecule has 0 amide bonds. The van der Waals surface area contributed by atoms with Crippen LogP contribution in [0.3, 0.4) is 0 Å². The Morgan fingerprint density at radius 3 is 2.08 bits per heavy atom. The number of ether oxygens (including phenoxy) is 1. The van der Waals surface area contributed by atoms with Crippen LogP contribution in [-0.2, 0) is 36.8 Å². The van der Waals surface area contributed by atoms with Gasteiger partial charge in [0.25, 0.3) is 0 Å². The molecule has 0 aromatic heterocycles. The van der Waals surface area contributed by atoms with E-state index in [0.717, 1.165) is 46.8 Å². The minimum absolute atomic E-state index is 0.236. The molecule has 1 aliphatic carbocycles. The number of carbonyl (C=O) groups is 1. The Balaban J connectivity index is 0.00000121. The molecule has 206 valence electrons. The predicted molar refractivity (Wildman–Crippen MR) is 151 cm³/mol. The summed E-state index contributed by atoms with van der Waals surface area (Å²) in [6.45, 7) is 0. The molecule has 1 heterocycles. The minimum atomic E-state index is -1.03. The molecule has 1 fully saturated rings. The number of halogens is 2. The van der Waals surface area contributed by atoms with Crippen LogP contribution in [0.25, 0.3) is 11.1 Å². The maximum absolute atomic E-state index is 12.9. The topological polar surface area (TPSA) is 69.4 Å². The predicted octanol–water partition coefficient (Wildman–Crippen LogP) is 7.49. The van der Waals surface area contributed by atoms with Crippen molar-refractivity contribution < 1.29 is 30.2 Å². The van der Waals surface area contributed by atoms with Gasteiger partial charge >= 0.3 is 41.3 Å². The second-order valence-electron chi connectivity index (χ2n) is 9.84. The third kappa shape index (κ3) is 9.32. The number of rotatable bonds is 10. The zero-order valence-electron chi connectivity index (χ0n) is 21.3. The van der Waals surface area contributed by atoms with Gasteiger partial charge in [-0.05, 0) is 67.7 Å². The van der Waals surface area contributed by atoms with E-state index in [1.54, 1.807) is 6.26 Å². The molecule has 2 aliphatic rings. The zero-order chi connectivity index (χ0) is 26.6. The van der Waals surface area contributed by atoms with Gasteiger partial charge in [-0.25, -0.2) is 4.79 Å². The summed E-state index contributed by atoms with van der Waals surface area (Å²) in [5.74, 6) is 0.615. The molecule has 0 radical (unpaired) electrons. The van der Waals surface area contributed by atoms with Crippen LogP contribution in [0.15, 0.2) is 59.5 Å². The van der Waals surface area contributed by atoms with Crippen LogP contribution in [0.4, 0.5) is 0 Å². The molecule has 2 aromatic carbocycles. The molecule has 0 bridgehead atoms. The van der Waals surface area contributed by atoms with E-state index in [1.165, 1.54) is 44.9 Å². The molecule has 4 nitrogen and oxygen atoms in total. The summed E-state index contributed by atoms with van der Waals surface area (Å²) in [6.07, 6.45) is 13.2. The standard InChI is InChI=1S/C29H37NO3S.2ClH.Pt/c1-34(32)25-19-15-23(16-20-25)27-26(33-29(31)28(27)22-10-6-4-7-11-22)12-8-3-2-5-9-21-13-17-24(30)18-14-21;;;/h4,6-7,10-11,15-16,19-21,24,26H,2-3,5,8-9,12-14,17-18,30H2,1H3;2*1H;/q;;;+2/p-2. The van der Waals surface area contributed by atoms with Crippen LogP contribution >= 0.6 is 18.8 Å². The molecular formula is C29H37Cl2NO3PtS. The number of carbonyl (C=O) groups excluding carboxylic acids is 1. The first kappa shape index (κ1) is 30.6. The van der Waals surface area contributed by atoms with Crippen molar-refractivity contribution in [3.05, 3.63) is 65.7 Å². The quantitative estimate of drug-likeness (QED) is 0.202. The summed E-state index contributed by atoms with van der Waals surface area (Å²) in [4.78, 5) is 13.7. The molecule has 0 saturated heterocycles. The van der Waals surface area contributed by atoms with Crippen LogP contribution < -0.4 is 5.73 Å². The van der Waals surface area contributed by atoms with Gasteiger partial charge in [0.1, 0.15) is 6.10 Å². The van der Waals surface area contributed by atoms with Crippen molar-refractivity contribution in [1.29, 1.82) is 0 Å². The Bertz CT molecular complexity index is 1040. The van der Waals surface area contributed by atoms with Gasteiger partial charge in [0, 0.05) is 33.6 Å². The fourth-order valence-corrected chi connectivity index (χ4v) is 5.87. The Morgan fingerprint density at radius 1 is 0.892 bits per heavy atom. The number of esters is 1. The van der Waals surface area contributed by atoms with Gasteiger partial charge < -0.3 is 10.5 Å². The Kier molecular flexibility index (Phi) is 13.4. The van der Waals surface area contributed by atoms with Gasteiger partial charge in [0.2, 0.25) is 0 Å². The van der Waals surface area contributed by atoms with E-state index in [4.69, 9.17) is 29.3 Å². The third-order valence-electron chi connectivity index (χ3n) is 7.32. The van der Waals surface area contributed by atoms with Crippen molar-refractivity contribution >= 4 is 46.8 Å². The first-order valence-electron chi connectivity index (χ1n) is 13.0. The molecule has 1 saturated carbocycles. The molecule has 1 aliphatic heterocycles. The third-order valence-corrected chi connectivity index (χ3v) is 8.26. The summed E-state index contributed by atoms with van der Waals surface area (Å²) in [5, 5.41) is 0. The van der Waals surface area contributed by atoms with Crippen molar-refractivity contribution in [2.45, 2.75) is 81.2 Å². The van der Waals surface area contributed by atoms with Crippen LogP contribution in [0, 0.1) is 5.92 Å². The second kappa shape index (κ2) is 16.2. The average molecular weight is 746 g/mol. The SMILES string of the molecule is CS(=O)c1ccc(C2=C(c3ccccc3)C(=O)OC2CCCCCCC2CCC(N)CC2)cc1.[Cl][Pt][Cl]. The molecule has 2 N–H and O–H groups in total.